The Morgan fingerprint density at radius 2 is 1.98 bits per heavy atom. The molecule has 2 aliphatic rings. The van der Waals surface area contributed by atoms with Gasteiger partial charge in [0.25, 0.3) is 0 Å². The Hall–Kier alpha value is -2.51. The topological polar surface area (TPSA) is 66.4 Å². The summed E-state index contributed by atoms with van der Waals surface area (Å²) in [4.78, 5) is 20.8. The van der Waals surface area contributed by atoms with Gasteiger partial charge in [0.2, 0.25) is 0 Å². The van der Waals surface area contributed by atoms with Gasteiger partial charge in [-0.05, 0) is 89.0 Å². The summed E-state index contributed by atoms with van der Waals surface area (Å²) >= 11 is 1.75. The normalized spacial score (nSPS) is 18.9. The molecular formula is C31H39N6OPS. The summed E-state index contributed by atoms with van der Waals surface area (Å²) in [7, 11) is 9.44. The van der Waals surface area contributed by atoms with Crippen molar-refractivity contribution in [1.82, 2.24) is 24.8 Å². The second-order valence-corrected chi connectivity index (χ2v) is 12.9. The predicted molar refractivity (Wildman–Crippen MR) is 171 cm³/mol. The zero-order valence-electron chi connectivity index (χ0n) is 23.9. The number of hydrogen-bond acceptors (Lipinski definition) is 8. The number of nitrogens with zero attached hydrogens (tertiary/aromatic N) is 5. The molecule has 3 heterocycles. The lowest BCUT2D eigenvalue weighted by molar-refractivity contribution is 0.0738. The van der Waals surface area contributed by atoms with E-state index in [2.05, 4.69) is 88.2 Å². The Morgan fingerprint density at radius 1 is 1.15 bits per heavy atom. The standard InChI is InChI=1S/C31H39N6OPS/c1-36(2)31(12-8-13-31)19-33-29-25-17-32-26(24-16-22(40-4)15-20-9-5-6-11-23(20)24)28(39)27(25)34-30(35-29)38-18-21-10-7-14-37(21)3/h5-6,9,11,15-17,21H,7-8,10,12-14,18-19,39H2,1-4H3,(H,33,34,35)/t21-/m1/s1. The number of pyridine rings is 1. The summed E-state index contributed by atoms with van der Waals surface area (Å²) in [6.45, 7) is 2.53. The van der Waals surface area contributed by atoms with Gasteiger partial charge in [0, 0.05) is 40.1 Å². The van der Waals surface area contributed by atoms with Crippen molar-refractivity contribution in [3.05, 3.63) is 42.6 Å². The van der Waals surface area contributed by atoms with Gasteiger partial charge in [-0.3, -0.25) is 4.98 Å². The second kappa shape index (κ2) is 11.4. The van der Waals surface area contributed by atoms with E-state index in [0.717, 1.165) is 52.8 Å². The van der Waals surface area contributed by atoms with Gasteiger partial charge in [-0.25, -0.2) is 0 Å². The summed E-state index contributed by atoms with van der Waals surface area (Å²) in [6, 6.07) is 13.8. The lowest BCUT2D eigenvalue weighted by Gasteiger charge is -2.47. The number of hydrogen-bond donors (Lipinski definition) is 1. The van der Waals surface area contributed by atoms with Crippen molar-refractivity contribution in [3.63, 3.8) is 0 Å². The van der Waals surface area contributed by atoms with Crippen LogP contribution in [0.4, 0.5) is 5.82 Å². The molecule has 0 bridgehead atoms. The summed E-state index contributed by atoms with van der Waals surface area (Å²) in [5, 5.41) is 7.95. The van der Waals surface area contributed by atoms with Crippen LogP contribution < -0.4 is 15.4 Å². The lowest BCUT2D eigenvalue weighted by Crippen LogP contribution is -2.54. The molecule has 1 N–H and O–H groups in total. The molecule has 1 saturated heterocycles. The van der Waals surface area contributed by atoms with E-state index in [-0.39, 0.29) is 5.54 Å². The molecule has 9 heteroatoms. The number of aromatic nitrogens is 3. The number of nitrogens with one attached hydrogen (secondary N) is 1. The molecule has 2 aromatic carbocycles. The monoisotopic (exact) mass is 574 g/mol. The minimum absolute atomic E-state index is 0.152. The first-order chi connectivity index (χ1) is 19.4. The van der Waals surface area contributed by atoms with E-state index in [9.17, 15) is 0 Å². The number of thioether (sulfide) groups is 1. The Balaban J connectivity index is 1.44. The molecule has 0 amide bonds. The molecule has 2 aromatic heterocycles. The largest absolute Gasteiger partial charge is 0.462 e. The van der Waals surface area contributed by atoms with E-state index < -0.39 is 0 Å². The lowest BCUT2D eigenvalue weighted by atomic mass is 9.75. The van der Waals surface area contributed by atoms with Crippen molar-refractivity contribution >= 4 is 53.8 Å². The third-order valence-corrected chi connectivity index (χ3v) is 10.2. The summed E-state index contributed by atoms with van der Waals surface area (Å²) in [5.41, 5.74) is 3.03. The van der Waals surface area contributed by atoms with Crippen LogP contribution >= 0.6 is 21.0 Å². The van der Waals surface area contributed by atoms with Crippen LogP contribution in [0.5, 0.6) is 6.01 Å². The van der Waals surface area contributed by atoms with Crippen molar-refractivity contribution in [1.29, 1.82) is 0 Å². The van der Waals surface area contributed by atoms with Crippen molar-refractivity contribution in [2.75, 3.05) is 52.4 Å². The Morgan fingerprint density at radius 3 is 2.67 bits per heavy atom. The SMILES string of the molecule is CSc1cc(-c2ncc3c(NCC4(N(C)C)CCC4)nc(OC[C@H]4CCCN4C)nc3c2P)c2ccccc2c1. The molecule has 1 aliphatic carbocycles. The van der Waals surface area contributed by atoms with E-state index >= 15 is 0 Å². The molecule has 2 atom stereocenters. The van der Waals surface area contributed by atoms with Crippen LogP contribution in [0.1, 0.15) is 32.1 Å². The van der Waals surface area contributed by atoms with E-state index in [0.29, 0.717) is 18.7 Å². The van der Waals surface area contributed by atoms with E-state index in [4.69, 9.17) is 19.7 Å². The average Bonchev–Trinajstić information content (AvgIpc) is 3.35. The van der Waals surface area contributed by atoms with E-state index in [1.54, 1.807) is 11.8 Å². The molecular weight excluding hydrogens is 535 g/mol. The molecule has 7 nitrogen and oxygen atoms in total. The van der Waals surface area contributed by atoms with Gasteiger partial charge in [0.1, 0.15) is 12.4 Å². The fourth-order valence-corrected chi connectivity index (χ4v) is 7.00. The zero-order chi connectivity index (χ0) is 27.9. The van der Waals surface area contributed by atoms with Gasteiger partial charge in [-0.2, -0.15) is 9.97 Å². The highest BCUT2D eigenvalue weighted by Gasteiger charge is 2.39. The number of rotatable bonds is 9. The average molecular weight is 575 g/mol. The first-order valence-corrected chi connectivity index (χ1v) is 16.0. The molecule has 1 saturated carbocycles. The fourth-order valence-electron chi connectivity index (χ4n) is 6.07. The maximum Gasteiger partial charge on any atom is 0.319 e. The minimum atomic E-state index is 0.152. The van der Waals surface area contributed by atoms with Crippen LogP contribution in [0, 0.1) is 0 Å². The first kappa shape index (κ1) is 27.6. The van der Waals surface area contributed by atoms with Crippen LogP contribution in [0.2, 0.25) is 0 Å². The third kappa shape index (κ3) is 5.16. The molecule has 0 radical (unpaired) electrons. The van der Waals surface area contributed by atoms with Gasteiger partial charge in [0.15, 0.2) is 0 Å². The Bertz CT molecular complexity index is 1540. The number of likely N-dealkylation sites (tertiary alicyclic amines) is 1. The third-order valence-electron chi connectivity index (χ3n) is 8.98. The number of benzene rings is 2. The summed E-state index contributed by atoms with van der Waals surface area (Å²) in [6.07, 6.45) is 10.0. The smallest absolute Gasteiger partial charge is 0.319 e. The Labute approximate surface area is 243 Å². The molecule has 1 aliphatic heterocycles. The maximum absolute atomic E-state index is 6.29. The summed E-state index contributed by atoms with van der Waals surface area (Å²) < 4.78 is 6.29. The van der Waals surface area contributed by atoms with Crippen LogP contribution in [-0.2, 0) is 0 Å². The van der Waals surface area contributed by atoms with Crippen molar-refractivity contribution in [2.45, 2.75) is 48.6 Å². The summed E-state index contributed by atoms with van der Waals surface area (Å²) in [5.74, 6) is 0.790. The molecule has 4 aromatic rings. The first-order valence-electron chi connectivity index (χ1n) is 14.2. The van der Waals surface area contributed by atoms with Crippen molar-refractivity contribution in [3.8, 4) is 17.3 Å². The minimum Gasteiger partial charge on any atom is -0.462 e. The van der Waals surface area contributed by atoms with Gasteiger partial charge < -0.3 is 19.9 Å². The van der Waals surface area contributed by atoms with Crippen molar-refractivity contribution in [2.24, 2.45) is 0 Å². The molecule has 40 heavy (non-hydrogen) atoms. The van der Waals surface area contributed by atoms with Gasteiger partial charge in [0.05, 0.1) is 16.6 Å². The van der Waals surface area contributed by atoms with Gasteiger partial charge in [-0.1, -0.05) is 24.3 Å². The van der Waals surface area contributed by atoms with Crippen molar-refractivity contribution < 1.29 is 4.74 Å². The second-order valence-electron chi connectivity index (χ2n) is 11.4. The zero-order valence-corrected chi connectivity index (χ0v) is 25.9. The molecule has 210 valence electrons. The molecule has 1 unspecified atom stereocenters. The van der Waals surface area contributed by atoms with Crippen LogP contribution in [0.3, 0.4) is 0 Å². The van der Waals surface area contributed by atoms with Crippen LogP contribution in [0.25, 0.3) is 32.9 Å². The fraction of sp³-hybridized carbons (Fsp3) is 0.452. The Kier molecular flexibility index (Phi) is 7.88. The van der Waals surface area contributed by atoms with Crippen LogP contribution in [-0.4, -0.2) is 83.4 Å². The van der Waals surface area contributed by atoms with E-state index in [1.165, 1.54) is 41.4 Å². The van der Waals surface area contributed by atoms with Gasteiger partial charge >= 0.3 is 6.01 Å². The molecule has 6 rings (SSSR count). The quantitative estimate of drug-likeness (QED) is 0.210. The highest BCUT2D eigenvalue weighted by atomic mass is 32.2. The van der Waals surface area contributed by atoms with Gasteiger partial charge in [-0.15, -0.1) is 21.0 Å². The number of likely N-dealkylation sites (N-methyl/N-ethyl adjacent to an activating group) is 2. The number of ether oxygens (including phenoxy) is 1. The highest BCUT2D eigenvalue weighted by Crippen LogP contribution is 2.38. The van der Waals surface area contributed by atoms with Crippen LogP contribution in [0.15, 0.2) is 47.5 Å². The van der Waals surface area contributed by atoms with E-state index in [1.807, 2.05) is 6.20 Å². The molecule has 2 fully saturated rings. The number of anilines is 1. The predicted octanol–water partition coefficient (Wildman–Crippen LogP) is 5.44. The highest BCUT2D eigenvalue weighted by molar-refractivity contribution is 7.98. The molecule has 0 spiro atoms. The maximum atomic E-state index is 6.29. The number of fused-ring (bicyclic) bond motifs is 2.